The molecule has 3 rings (SSSR count). The highest BCUT2D eigenvalue weighted by atomic mass is 19.1. The van der Waals surface area contributed by atoms with Gasteiger partial charge in [0.1, 0.15) is 11.6 Å². The average molecular weight is 270 g/mol. The highest BCUT2D eigenvalue weighted by Crippen LogP contribution is 2.13. The van der Waals surface area contributed by atoms with Gasteiger partial charge in [0.15, 0.2) is 0 Å². The average Bonchev–Trinajstić information content (AvgIpc) is 2.88. The van der Waals surface area contributed by atoms with Crippen LogP contribution in [0.25, 0.3) is 11.0 Å². The van der Waals surface area contributed by atoms with E-state index in [1.165, 1.54) is 12.3 Å². The minimum absolute atomic E-state index is 0.0313. The van der Waals surface area contributed by atoms with Crippen LogP contribution in [0.3, 0.4) is 0 Å². The Morgan fingerprint density at radius 3 is 2.85 bits per heavy atom. The van der Waals surface area contributed by atoms with E-state index in [1.54, 1.807) is 6.07 Å². The predicted octanol–water partition coefficient (Wildman–Crippen LogP) is 2.95. The van der Waals surface area contributed by atoms with E-state index in [0.717, 1.165) is 22.6 Å². The molecule has 4 nitrogen and oxygen atoms in total. The van der Waals surface area contributed by atoms with Crippen molar-refractivity contribution >= 4 is 11.0 Å². The number of rotatable bonds is 4. The zero-order valence-corrected chi connectivity index (χ0v) is 11.1. The number of H-pyrrole nitrogens is 1. The summed E-state index contributed by atoms with van der Waals surface area (Å²) < 4.78 is 12.8. The van der Waals surface area contributed by atoms with Crippen LogP contribution in [0, 0.1) is 5.82 Å². The lowest BCUT2D eigenvalue weighted by Crippen LogP contribution is -2.19. The monoisotopic (exact) mass is 270 g/mol. The summed E-state index contributed by atoms with van der Waals surface area (Å²) >= 11 is 0. The molecule has 0 aliphatic heterocycles. The Hall–Kier alpha value is -2.27. The van der Waals surface area contributed by atoms with Gasteiger partial charge in [0.2, 0.25) is 0 Å². The van der Waals surface area contributed by atoms with Gasteiger partial charge in [-0.3, -0.25) is 4.98 Å². The van der Waals surface area contributed by atoms with Crippen LogP contribution >= 0.6 is 0 Å². The van der Waals surface area contributed by atoms with Crippen LogP contribution in [0.1, 0.15) is 24.5 Å². The summed E-state index contributed by atoms with van der Waals surface area (Å²) in [5, 5.41) is 3.32. The second-order valence-electron chi connectivity index (χ2n) is 4.70. The molecule has 5 heteroatoms. The fraction of sp³-hybridized carbons (Fsp3) is 0.200. The first-order valence-electron chi connectivity index (χ1n) is 6.51. The molecule has 3 aromatic rings. The summed E-state index contributed by atoms with van der Waals surface area (Å²) in [7, 11) is 0. The molecule has 1 unspecified atom stereocenters. The Balaban J connectivity index is 1.68. The van der Waals surface area contributed by atoms with Gasteiger partial charge < -0.3 is 10.3 Å². The van der Waals surface area contributed by atoms with Crippen LogP contribution in [0.5, 0.6) is 0 Å². The van der Waals surface area contributed by atoms with Gasteiger partial charge in [0.05, 0.1) is 29.5 Å². The van der Waals surface area contributed by atoms with E-state index >= 15 is 0 Å². The molecule has 0 aliphatic carbocycles. The van der Waals surface area contributed by atoms with Crippen molar-refractivity contribution in [2.45, 2.75) is 19.5 Å². The van der Waals surface area contributed by atoms with Crippen LogP contribution in [0.15, 0.2) is 42.6 Å². The minimum Gasteiger partial charge on any atom is -0.341 e. The Bertz CT molecular complexity index is 672. The summed E-state index contributed by atoms with van der Waals surface area (Å²) in [4.78, 5) is 11.8. The largest absolute Gasteiger partial charge is 0.341 e. The van der Waals surface area contributed by atoms with E-state index in [9.17, 15) is 4.39 Å². The fourth-order valence-corrected chi connectivity index (χ4v) is 2.09. The van der Waals surface area contributed by atoms with Crippen molar-refractivity contribution in [3.8, 4) is 0 Å². The van der Waals surface area contributed by atoms with Crippen molar-refractivity contribution in [1.82, 2.24) is 20.3 Å². The van der Waals surface area contributed by atoms with Gasteiger partial charge in [-0.25, -0.2) is 9.37 Å². The SMILES string of the molecule is CC(NCc1nc2ccccc2[nH]1)c1ccc(F)cn1. The highest BCUT2D eigenvalue weighted by Gasteiger charge is 2.08. The zero-order valence-electron chi connectivity index (χ0n) is 11.1. The maximum Gasteiger partial charge on any atom is 0.141 e. The van der Waals surface area contributed by atoms with Gasteiger partial charge in [-0.1, -0.05) is 12.1 Å². The topological polar surface area (TPSA) is 53.6 Å². The number of pyridine rings is 1. The zero-order chi connectivity index (χ0) is 13.9. The molecule has 0 aliphatic rings. The van der Waals surface area contributed by atoms with Gasteiger partial charge in [0, 0.05) is 6.04 Å². The Morgan fingerprint density at radius 2 is 2.10 bits per heavy atom. The molecule has 102 valence electrons. The molecule has 0 fully saturated rings. The number of halogens is 1. The predicted molar refractivity (Wildman–Crippen MR) is 75.5 cm³/mol. The van der Waals surface area contributed by atoms with Crippen LogP contribution < -0.4 is 5.32 Å². The third-order valence-corrected chi connectivity index (χ3v) is 3.21. The number of benzene rings is 1. The van der Waals surface area contributed by atoms with Gasteiger partial charge in [-0.05, 0) is 31.2 Å². The van der Waals surface area contributed by atoms with Gasteiger partial charge >= 0.3 is 0 Å². The molecule has 0 amide bonds. The maximum atomic E-state index is 12.8. The molecule has 0 spiro atoms. The first kappa shape index (κ1) is 12.7. The number of hydrogen-bond donors (Lipinski definition) is 2. The number of aromatic amines is 1. The molecule has 0 bridgehead atoms. The number of hydrogen-bond acceptors (Lipinski definition) is 3. The lowest BCUT2D eigenvalue weighted by molar-refractivity contribution is 0.545. The molecule has 0 radical (unpaired) electrons. The molecule has 1 aromatic carbocycles. The molecular weight excluding hydrogens is 255 g/mol. The number of aromatic nitrogens is 3. The van der Waals surface area contributed by atoms with Crippen molar-refractivity contribution in [1.29, 1.82) is 0 Å². The number of nitrogens with zero attached hydrogens (tertiary/aromatic N) is 2. The summed E-state index contributed by atoms with van der Waals surface area (Å²) in [6, 6.07) is 11.0. The quantitative estimate of drug-likeness (QED) is 0.766. The second-order valence-corrected chi connectivity index (χ2v) is 4.70. The van der Waals surface area contributed by atoms with Crippen LogP contribution in [-0.4, -0.2) is 15.0 Å². The minimum atomic E-state index is -0.321. The number of imidazole rings is 1. The molecule has 1 atom stereocenters. The second kappa shape index (κ2) is 5.38. The summed E-state index contributed by atoms with van der Waals surface area (Å²) in [5.74, 6) is 0.554. The summed E-state index contributed by atoms with van der Waals surface area (Å²) in [6.45, 7) is 2.60. The van der Waals surface area contributed by atoms with Gasteiger partial charge in [0.25, 0.3) is 0 Å². The van der Waals surface area contributed by atoms with E-state index in [1.807, 2.05) is 31.2 Å². The van der Waals surface area contributed by atoms with Gasteiger partial charge in [-0.2, -0.15) is 0 Å². The molecule has 0 saturated heterocycles. The highest BCUT2D eigenvalue weighted by molar-refractivity contribution is 5.74. The van der Waals surface area contributed by atoms with Crippen LogP contribution in [0.4, 0.5) is 4.39 Å². The molecule has 20 heavy (non-hydrogen) atoms. The normalized spacial score (nSPS) is 12.7. The van der Waals surface area contributed by atoms with E-state index < -0.39 is 0 Å². The fourth-order valence-electron chi connectivity index (χ4n) is 2.09. The van der Waals surface area contributed by atoms with Crippen molar-refractivity contribution in [2.75, 3.05) is 0 Å². The molecule has 2 aromatic heterocycles. The lowest BCUT2D eigenvalue weighted by Gasteiger charge is -2.11. The lowest BCUT2D eigenvalue weighted by atomic mass is 10.2. The summed E-state index contributed by atoms with van der Waals surface area (Å²) in [6.07, 6.45) is 1.23. The standard InChI is InChI=1S/C15H15FN4/c1-10(12-7-6-11(16)8-18-12)17-9-15-19-13-4-2-3-5-14(13)20-15/h2-8,10,17H,9H2,1H3,(H,19,20). The number of nitrogens with one attached hydrogen (secondary N) is 2. The molecule has 0 saturated carbocycles. The Kier molecular flexibility index (Phi) is 3.43. The summed E-state index contributed by atoms with van der Waals surface area (Å²) in [5.41, 5.74) is 2.79. The van der Waals surface area contributed by atoms with E-state index in [4.69, 9.17) is 0 Å². The number of fused-ring (bicyclic) bond motifs is 1. The number of para-hydroxylation sites is 2. The molecule has 2 N–H and O–H groups in total. The van der Waals surface area contributed by atoms with Crippen molar-refractivity contribution < 1.29 is 4.39 Å². The van der Waals surface area contributed by atoms with E-state index in [-0.39, 0.29) is 11.9 Å². The van der Waals surface area contributed by atoms with Gasteiger partial charge in [-0.15, -0.1) is 0 Å². The maximum absolute atomic E-state index is 12.8. The first-order chi connectivity index (χ1) is 9.72. The smallest absolute Gasteiger partial charge is 0.141 e. The first-order valence-corrected chi connectivity index (χ1v) is 6.51. The Labute approximate surface area is 116 Å². The van der Waals surface area contributed by atoms with Crippen LogP contribution in [0.2, 0.25) is 0 Å². The van der Waals surface area contributed by atoms with Crippen molar-refractivity contribution in [2.24, 2.45) is 0 Å². The third kappa shape index (κ3) is 2.67. The molecule has 2 heterocycles. The van der Waals surface area contributed by atoms with Crippen molar-refractivity contribution in [3.63, 3.8) is 0 Å². The van der Waals surface area contributed by atoms with E-state index in [2.05, 4.69) is 20.3 Å². The molecular formula is C15H15FN4. The third-order valence-electron chi connectivity index (χ3n) is 3.21. The van der Waals surface area contributed by atoms with E-state index in [0.29, 0.717) is 6.54 Å². The van der Waals surface area contributed by atoms with Crippen LogP contribution in [-0.2, 0) is 6.54 Å². The van der Waals surface area contributed by atoms with Crippen molar-refractivity contribution in [3.05, 3.63) is 59.9 Å². The Morgan fingerprint density at radius 1 is 1.25 bits per heavy atom.